The highest BCUT2D eigenvalue weighted by atomic mass is 35.5. The van der Waals surface area contributed by atoms with Crippen molar-refractivity contribution < 1.29 is 8.42 Å². The van der Waals surface area contributed by atoms with Gasteiger partial charge in [-0.1, -0.05) is 18.5 Å². The number of hydrogen-bond acceptors (Lipinski definition) is 4. The predicted molar refractivity (Wildman–Crippen MR) is 83.9 cm³/mol. The van der Waals surface area contributed by atoms with Gasteiger partial charge in [-0.25, -0.2) is 4.98 Å². The van der Waals surface area contributed by atoms with Gasteiger partial charge in [0.1, 0.15) is 5.82 Å². The van der Waals surface area contributed by atoms with Crippen LogP contribution < -0.4 is 10.5 Å². The highest BCUT2D eigenvalue weighted by molar-refractivity contribution is 7.92. The Morgan fingerprint density at radius 3 is 2.76 bits per heavy atom. The van der Waals surface area contributed by atoms with E-state index in [0.29, 0.717) is 11.5 Å². The Labute approximate surface area is 129 Å². The first-order chi connectivity index (χ1) is 9.83. The summed E-state index contributed by atoms with van der Waals surface area (Å²) in [6.45, 7) is 4.50. The monoisotopic (exact) mass is 328 g/mol. The summed E-state index contributed by atoms with van der Waals surface area (Å²) in [5.74, 6) is 0.653. The number of sulfonamides is 1. The van der Waals surface area contributed by atoms with Crippen LogP contribution in [-0.2, 0) is 16.6 Å². The summed E-state index contributed by atoms with van der Waals surface area (Å²) in [5, 5.41) is 0.213. The van der Waals surface area contributed by atoms with E-state index < -0.39 is 10.0 Å². The third-order valence-electron chi connectivity index (χ3n) is 2.93. The maximum absolute atomic E-state index is 12.3. The molecule has 0 saturated carbocycles. The van der Waals surface area contributed by atoms with E-state index in [1.54, 1.807) is 17.6 Å². The minimum atomic E-state index is -3.78. The third-order valence-corrected chi connectivity index (χ3v) is 4.48. The van der Waals surface area contributed by atoms with Crippen molar-refractivity contribution in [2.24, 2.45) is 0 Å². The SMILES string of the molecule is CCCn1cc(S(=O)(=O)Nc2ccc(N)cc2Cl)nc1C. The number of benzene rings is 1. The maximum atomic E-state index is 12.3. The van der Waals surface area contributed by atoms with Crippen LogP contribution in [0.5, 0.6) is 0 Å². The summed E-state index contributed by atoms with van der Waals surface area (Å²) in [4.78, 5) is 4.09. The molecule has 0 spiro atoms. The molecule has 0 atom stereocenters. The van der Waals surface area contributed by atoms with Crippen LogP contribution in [0.1, 0.15) is 19.2 Å². The first-order valence-electron chi connectivity index (χ1n) is 6.45. The van der Waals surface area contributed by atoms with Gasteiger partial charge < -0.3 is 10.3 Å². The molecule has 1 aromatic heterocycles. The minimum Gasteiger partial charge on any atom is -0.399 e. The lowest BCUT2D eigenvalue weighted by Gasteiger charge is -2.08. The second-order valence-corrected chi connectivity index (χ2v) is 6.70. The molecule has 0 aliphatic heterocycles. The minimum absolute atomic E-state index is 0.0265. The first-order valence-corrected chi connectivity index (χ1v) is 8.31. The first kappa shape index (κ1) is 15.7. The van der Waals surface area contributed by atoms with Crippen molar-refractivity contribution in [2.45, 2.75) is 31.8 Å². The fourth-order valence-corrected chi connectivity index (χ4v) is 3.27. The predicted octanol–water partition coefficient (Wildman–Crippen LogP) is 2.64. The van der Waals surface area contributed by atoms with Gasteiger partial charge in [-0.05, 0) is 31.5 Å². The molecule has 1 aromatic carbocycles. The Kier molecular flexibility index (Phi) is 4.43. The molecule has 0 radical (unpaired) electrons. The van der Waals surface area contributed by atoms with Gasteiger partial charge in [-0.2, -0.15) is 8.42 Å². The highest BCUT2D eigenvalue weighted by Crippen LogP contribution is 2.26. The fourth-order valence-electron chi connectivity index (χ4n) is 1.89. The zero-order chi connectivity index (χ0) is 15.6. The summed E-state index contributed by atoms with van der Waals surface area (Å²) in [6, 6.07) is 4.58. The largest absolute Gasteiger partial charge is 0.399 e. The molecule has 0 bridgehead atoms. The number of imidazole rings is 1. The van der Waals surface area contributed by atoms with Gasteiger partial charge in [0.15, 0.2) is 5.03 Å². The van der Waals surface area contributed by atoms with Crippen molar-refractivity contribution in [3.63, 3.8) is 0 Å². The summed E-state index contributed by atoms with van der Waals surface area (Å²) in [5.41, 5.74) is 6.32. The lowest BCUT2D eigenvalue weighted by atomic mass is 10.3. The van der Waals surface area contributed by atoms with Crippen LogP contribution in [0.4, 0.5) is 11.4 Å². The molecule has 0 unspecified atom stereocenters. The van der Waals surface area contributed by atoms with E-state index in [0.717, 1.165) is 13.0 Å². The molecule has 0 fully saturated rings. The Hall–Kier alpha value is -1.73. The molecule has 2 aromatic rings. The summed E-state index contributed by atoms with van der Waals surface area (Å²) >= 11 is 5.98. The van der Waals surface area contributed by atoms with Gasteiger partial charge in [-0.15, -0.1) is 0 Å². The summed E-state index contributed by atoms with van der Waals surface area (Å²) in [7, 11) is -3.78. The Bertz CT molecular complexity index is 756. The number of halogens is 1. The Morgan fingerprint density at radius 1 is 1.43 bits per heavy atom. The van der Waals surface area contributed by atoms with E-state index in [2.05, 4.69) is 9.71 Å². The van der Waals surface area contributed by atoms with Crippen LogP contribution in [-0.4, -0.2) is 18.0 Å². The van der Waals surface area contributed by atoms with Crippen LogP contribution in [0.2, 0.25) is 5.02 Å². The Balaban J connectivity index is 2.32. The van der Waals surface area contributed by atoms with Gasteiger partial charge in [0, 0.05) is 18.4 Å². The molecule has 21 heavy (non-hydrogen) atoms. The van der Waals surface area contributed by atoms with Crippen molar-refractivity contribution in [3.05, 3.63) is 35.2 Å². The van der Waals surface area contributed by atoms with Gasteiger partial charge in [-0.3, -0.25) is 4.72 Å². The number of rotatable bonds is 5. The lowest BCUT2D eigenvalue weighted by Crippen LogP contribution is -2.13. The number of aryl methyl sites for hydroxylation is 2. The van der Waals surface area contributed by atoms with Crippen molar-refractivity contribution in [1.29, 1.82) is 0 Å². The average molecular weight is 329 g/mol. The number of nitrogens with two attached hydrogens (primary N) is 1. The number of anilines is 2. The fraction of sp³-hybridized carbons (Fsp3) is 0.308. The molecule has 0 amide bonds. The van der Waals surface area contributed by atoms with Crippen LogP contribution in [0.15, 0.2) is 29.4 Å². The molecule has 1 heterocycles. The van der Waals surface area contributed by atoms with E-state index in [1.807, 2.05) is 6.92 Å². The molecule has 0 saturated heterocycles. The highest BCUT2D eigenvalue weighted by Gasteiger charge is 2.20. The topological polar surface area (TPSA) is 90.0 Å². The maximum Gasteiger partial charge on any atom is 0.281 e. The van der Waals surface area contributed by atoms with Gasteiger partial charge in [0.25, 0.3) is 10.0 Å². The van der Waals surface area contributed by atoms with Crippen LogP contribution in [0.3, 0.4) is 0 Å². The second-order valence-electron chi connectivity index (χ2n) is 4.66. The van der Waals surface area contributed by atoms with Crippen LogP contribution >= 0.6 is 11.6 Å². The van der Waals surface area contributed by atoms with E-state index in [9.17, 15) is 8.42 Å². The van der Waals surface area contributed by atoms with E-state index in [4.69, 9.17) is 17.3 Å². The zero-order valence-corrected chi connectivity index (χ0v) is 13.4. The average Bonchev–Trinajstić information content (AvgIpc) is 2.76. The normalized spacial score (nSPS) is 11.6. The van der Waals surface area contributed by atoms with E-state index in [-0.39, 0.29) is 15.7 Å². The number of nitrogens with one attached hydrogen (secondary N) is 1. The standard InChI is InChI=1S/C13H17ClN4O2S/c1-3-6-18-8-13(16-9(18)2)21(19,20)17-12-5-4-10(15)7-11(12)14/h4-5,7-8,17H,3,6,15H2,1-2H3. The van der Waals surface area contributed by atoms with Crippen LogP contribution in [0.25, 0.3) is 0 Å². The molecular weight excluding hydrogens is 312 g/mol. The molecule has 114 valence electrons. The number of nitrogen functional groups attached to an aromatic ring is 1. The quantitative estimate of drug-likeness (QED) is 0.825. The van der Waals surface area contributed by atoms with Crippen LogP contribution in [0, 0.1) is 6.92 Å². The smallest absolute Gasteiger partial charge is 0.281 e. The number of aromatic nitrogens is 2. The zero-order valence-electron chi connectivity index (χ0n) is 11.8. The molecule has 6 nitrogen and oxygen atoms in total. The molecule has 0 aliphatic carbocycles. The Morgan fingerprint density at radius 2 is 2.14 bits per heavy atom. The lowest BCUT2D eigenvalue weighted by molar-refractivity contribution is 0.597. The van der Waals surface area contributed by atoms with Gasteiger partial charge >= 0.3 is 0 Å². The second kappa shape index (κ2) is 5.95. The van der Waals surface area contributed by atoms with Crippen molar-refractivity contribution in [2.75, 3.05) is 10.5 Å². The van der Waals surface area contributed by atoms with Crippen molar-refractivity contribution in [1.82, 2.24) is 9.55 Å². The number of nitrogens with zero attached hydrogens (tertiary/aromatic N) is 2. The molecule has 2 rings (SSSR count). The van der Waals surface area contributed by atoms with Gasteiger partial charge in [0.2, 0.25) is 0 Å². The van der Waals surface area contributed by atoms with Crippen molar-refractivity contribution >= 4 is 33.0 Å². The molecule has 3 N–H and O–H groups in total. The van der Waals surface area contributed by atoms with Crippen molar-refractivity contribution in [3.8, 4) is 0 Å². The van der Waals surface area contributed by atoms with Gasteiger partial charge in [0.05, 0.1) is 10.7 Å². The summed E-state index contributed by atoms with van der Waals surface area (Å²) in [6.07, 6.45) is 2.42. The molecule has 0 aliphatic rings. The molecule has 8 heteroatoms. The molecular formula is C13H17ClN4O2S. The van der Waals surface area contributed by atoms with E-state index >= 15 is 0 Å². The third kappa shape index (κ3) is 3.48. The number of hydrogen-bond donors (Lipinski definition) is 2. The van der Waals surface area contributed by atoms with E-state index in [1.165, 1.54) is 18.3 Å². The summed E-state index contributed by atoms with van der Waals surface area (Å²) < 4.78 is 28.9.